The first-order valence-corrected chi connectivity index (χ1v) is 7.64. The second-order valence-electron chi connectivity index (χ2n) is 6.24. The number of hydrogen-bond donors (Lipinski definition) is 0. The second-order valence-corrected chi connectivity index (χ2v) is 6.24. The maximum absolute atomic E-state index is 12.6. The average Bonchev–Trinajstić information content (AvgIpc) is 3.30. The maximum Gasteiger partial charge on any atom is 0.334 e. The molecule has 2 atom stereocenters. The van der Waals surface area contributed by atoms with E-state index < -0.39 is 46.5 Å². The lowest BCUT2D eigenvalue weighted by Gasteiger charge is -2.27. The Hall–Kier alpha value is -2.64. The molecule has 0 amide bonds. The molecule has 0 radical (unpaired) electrons. The molecule has 0 saturated heterocycles. The molecule has 0 aromatic heterocycles. The van der Waals surface area contributed by atoms with E-state index in [1.54, 1.807) is 0 Å². The van der Waals surface area contributed by atoms with E-state index in [0.29, 0.717) is 0 Å². The molecule has 3 rings (SSSR count). The summed E-state index contributed by atoms with van der Waals surface area (Å²) in [6, 6.07) is 0. The van der Waals surface area contributed by atoms with Crippen LogP contribution in [0.2, 0.25) is 0 Å². The molecule has 1 fully saturated rings. The Bertz CT molecular complexity index is 688. The monoisotopic (exact) mass is 350 g/mol. The summed E-state index contributed by atoms with van der Waals surface area (Å²) in [5.74, 6) is -3.73. The van der Waals surface area contributed by atoms with Gasteiger partial charge in [0.25, 0.3) is 0 Å². The Kier molecular flexibility index (Phi) is 3.74. The fraction of sp³-hybridized carbons (Fsp3) is 0.529. The summed E-state index contributed by atoms with van der Waals surface area (Å²) >= 11 is 0. The van der Waals surface area contributed by atoms with Crippen LogP contribution in [0.1, 0.15) is 6.42 Å². The standard InChI is InChI=1S/C17H18O8/c1-22-12(18)9-6-16(14(20)24-3)11-5-8(9)10(13(19)23-2)7-17(11,16)15(21)25-4/h6-8,11H,5H2,1-4H3. The highest BCUT2D eigenvalue weighted by Gasteiger charge is 2.86. The second kappa shape index (κ2) is 5.44. The molecule has 0 N–H and O–H groups in total. The SMILES string of the molecule is COC(=O)C1=CC2(C(=O)OC)C3CC1C(C(=O)OC)=CC32C(=O)OC. The zero-order valence-corrected chi connectivity index (χ0v) is 14.3. The summed E-state index contributed by atoms with van der Waals surface area (Å²) in [5, 5.41) is 0. The molecule has 8 heteroatoms. The molecule has 0 heterocycles. The third kappa shape index (κ3) is 1.82. The minimum atomic E-state index is -1.38. The van der Waals surface area contributed by atoms with Crippen LogP contribution in [-0.4, -0.2) is 52.3 Å². The van der Waals surface area contributed by atoms with Crippen molar-refractivity contribution in [3.05, 3.63) is 23.3 Å². The Labute approximate surface area is 143 Å². The lowest BCUT2D eigenvalue weighted by atomic mass is 9.77. The third-order valence-electron chi connectivity index (χ3n) is 5.58. The van der Waals surface area contributed by atoms with E-state index in [2.05, 4.69) is 0 Å². The van der Waals surface area contributed by atoms with Crippen molar-refractivity contribution in [3.8, 4) is 0 Å². The highest BCUT2D eigenvalue weighted by atomic mass is 16.5. The first-order chi connectivity index (χ1) is 11.8. The van der Waals surface area contributed by atoms with Gasteiger partial charge in [0.1, 0.15) is 10.8 Å². The van der Waals surface area contributed by atoms with Crippen LogP contribution in [0.3, 0.4) is 0 Å². The number of esters is 4. The molecule has 8 nitrogen and oxygen atoms in total. The van der Waals surface area contributed by atoms with E-state index >= 15 is 0 Å². The van der Waals surface area contributed by atoms with Gasteiger partial charge in [-0.15, -0.1) is 0 Å². The Morgan fingerprint density at radius 2 is 1.20 bits per heavy atom. The van der Waals surface area contributed by atoms with Crippen molar-refractivity contribution in [2.24, 2.45) is 22.7 Å². The van der Waals surface area contributed by atoms with Gasteiger partial charge in [-0.2, -0.15) is 0 Å². The minimum Gasteiger partial charge on any atom is -0.468 e. The molecule has 0 aromatic carbocycles. The number of ether oxygens (including phenoxy) is 4. The number of fused-ring (bicyclic) bond motifs is 2. The summed E-state index contributed by atoms with van der Waals surface area (Å²) in [4.78, 5) is 49.6. The summed E-state index contributed by atoms with van der Waals surface area (Å²) < 4.78 is 19.4. The third-order valence-corrected chi connectivity index (χ3v) is 5.58. The molecule has 3 aliphatic rings. The van der Waals surface area contributed by atoms with E-state index in [1.165, 1.54) is 40.6 Å². The highest BCUT2D eigenvalue weighted by molar-refractivity contribution is 6.06. The highest BCUT2D eigenvalue weighted by Crippen LogP contribution is 2.79. The molecule has 134 valence electrons. The van der Waals surface area contributed by atoms with Crippen molar-refractivity contribution >= 4 is 23.9 Å². The van der Waals surface area contributed by atoms with Crippen LogP contribution in [0.5, 0.6) is 0 Å². The quantitative estimate of drug-likeness (QED) is 0.522. The number of carbonyl (C=O) groups excluding carboxylic acids is 4. The normalized spacial score (nSPS) is 34.1. The molecular weight excluding hydrogens is 332 g/mol. The molecule has 0 spiro atoms. The van der Waals surface area contributed by atoms with Gasteiger partial charge >= 0.3 is 23.9 Å². The molecule has 0 aromatic rings. The molecule has 1 saturated carbocycles. The van der Waals surface area contributed by atoms with E-state index in [4.69, 9.17) is 18.9 Å². The summed E-state index contributed by atoms with van der Waals surface area (Å²) in [6.45, 7) is 0. The molecule has 3 aliphatic carbocycles. The number of hydrogen-bond acceptors (Lipinski definition) is 8. The number of rotatable bonds is 4. The van der Waals surface area contributed by atoms with E-state index in [1.807, 2.05) is 0 Å². The van der Waals surface area contributed by atoms with Crippen LogP contribution >= 0.6 is 0 Å². The minimum absolute atomic E-state index is 0.143. The van der Waals surface area contributed by atoms with Gasteiger partial charge in [-0.1, -0.05) is 12.2 Å². The van der Waals surface area contributed by atoms with Crippen LogP contribution in [0, 0.1) is 22.7 Å². The first-order valence-electron chi connectivity index (χ1n) is 7.64. The van der Waals surface area contributed by atoms with Crippen molar-refractivity contribution in [2.75, 3.05) is 28.4 Å². The topological polar surface area (TPSA) is 105 Å². The van der Waals surface area contributed by atoms with Crippen molar-refractivity contribution in [1.82, 2.24) is 0 Å². The van der Waals surface area contributed by atoms with Gasteiger partial charge in [0.05, 0.1) is 28.4 Å². The molecular formula is C17H18O8. The molecule has 2 unspecified atom stereocenters. The summed E-state index contributed by atoms with van der Waals surface area (Å²) in [7, 11) is 4.82. The van der Waals surface area contributed by atoms with Crippen LogP contribution < -0.4 is 0 Å². The summed E-state index contributed by atoms with van der Waals surface area (Å²) in [6.07, 6.45) is 3.06. The largest absolute Gasteiger partial charge is 0.468 e. The van der Waals surface area contributed by atoms with Gasteiger partial charge in [0.2, 0.25) is 0 Å². The van der Waals surface area contributed by atoms with Crippen molar-refractivity contribution in [2.45, 2.75) is 6.42 Å². The Morgan fingerprint density at radius 3 is 1.52 bits per heavy atom. The molecule has 2 bridgehead atoms. The van der Waals surface area contributed by atoms with Gasteiger partial charge in [-0.3, -0.25) is 9.59 Å². The van der Waals surface area contributed by atoms with Crippen LogP contribution in [-0.2, 0) is 38.1 Å². The van der Waals surface area contributed by atoms with Crippen LogP contribution in [0.25, 0.3) is 0 Å². The number of carbonyl (C=O) groups is 4. The van der Waals surface area contributed by atoms with Crippen molar-refractivity contribution in [3.63, 3.8) is 0 Å². The van der Waals surface area contributed by atoms with E-state index in [-0.39, 0.29) is 17.6 Å². The van der Waals surface area contributed by atoms with E-state index in [0.717, 1.165) is 0 Å². The van der Waals surface area contributed by atoms with Gasteiger partial charge in [0.15, 0.2) is 0 Å². The van der Waals surface area contributed by atoms with E-state index in [9.17, 15) is 19.2 Å². The average molecular weight is 350 g/mol. The van der Waals surface area contributed by atoms with Gasteiger partial charge in [-0.25, -0.2) is 9.59 Å². The van der Waals surface area contributed by atoms with Crippen molar-refractivity contribution < 1.29 is 38.1 Å². The van der Waals surface area contributed by atoms with Gasteiger partial charge < -0.3 is 18.9 Å². The predicted octanol–water partition coefficient (Wildman–Crippen LogP) is 0.167. The van der Waals surface area contributed by atoms with Crippen LogP contribution in [0.15, 0.2) is 23.3 Å². The lowest BCUT2D eigenvalue weighted by molar-refractivity contribution is -0.153. The zero-order chi connectivity index (χ0) is 18.6. The Balaban J connectivity index is 2.28. The fourth-order valence-electron chi connectivity index (χ4n) is 4.48. The smallest absolute Gasteiger partial charge is 0.334 e. The lowest BCUT2D eigenvalue weighted by Crippen LogP contribution is -2.29. The number of methoxy groups -OCH3 is 4. The molecule has 0 aliphatic heterocycles. The van der Waals surface area contributed by atoms with Gasteiger partial charge in [0, 0.05) is 23.0 Å². The van der Waals surface area contributed by atoms with Crippen LogP contribution in [0.4, 0.5) is 0 Å². The maximum atomic E-state index is 12.6. The predicted molar refractivity (Wildman–Crippen MR) is 80.7 cm³/mol. The fourth-order valence-corrected chi connectivity index (χ4v) is 4.48. The van der Waals surface area contributed by atoms with Gasteiger partial charge in [-0.05, 0) is 6.42 Å². The first kappa shape index (κ1) is 17.2. The van der Waals surface area contributed by atoms with Crippen molar-refractivity contribution in [1.29, 1.82) is 0 Å². The summed E-state index contributed by atoms with van der Waals surface area (Å²) in [5.41, 5.74) is -2.48. The molecule has 25 heavy (non-hydrogen) atoms. The Morgan fingerprint density at radius 1 is 0.800 bits per heavy atom. The zero-order valence-electron chi connectivity index (χ0n) is 14.3.